The molecule has 0 aliphatic rings. The topological polar surface area (TPSA) is 21.3 Å². The molecular weight excluding hydrogens is 186 g/mol. The van der Waals surface area contributed by atoms with Crippen LogP contribution >= 0.6 is 0 Å². The van der Waals surface area contributed by atoms with Gasteiger partial charge >= 0.3 is 0 Å². The average molecular weight is 207 g/mol. The van der Waals surface area contributed by atoms with E-state index in [2.05, 4.69) is 38.2 Å². The van der Waals surface area contributed by atoms with Crippen molar-refractivity contribution in [2.75, 3.05) is 20.3 Å². The van der Waals surface area contributed by atoms with Crippen molar-refractivity contribution < 1.29 is 4.74 Å². The zero-order chi connectivity index (χ0) is 11.3. The molecule has 0 aliphatic carbocycles. The van der Waals surface area contributed by atoms with Crippen molar-refractivity contribution in [2.45, 2.75) is 27.3 Å². The van der Waals surface area contributed by atoms with Crippen LogP contribution in [0.25, 0.3) is 0 Å². The standard InChI is InChI=1S/C13H21NO/c1-10-7-12(3)13(8-11(10)2)9-14-5-6-15-4/h7-8,14H,5-6,9H2,1-4H3. The lowest BCUT2D eigenvalue weighted by Crippen LogP contribution is -2.19. The monoisotopic (exact) mass is 207 g/mol. The van der Waals surface area contributed by atoms with Gasteiger partial charge in [0.2, 0.25) is 0 Å². The van der Waals surface area contributed by atoms with Gasteiger partial charge in [0.1, 0.15) is 0 Å². The minimum absolute atomic E-state index is 0.768. The molecule has 84 valence electrons. The second-order valence-electron chi connectivity index (χ2n) is 4.03. The molecule has 0 fully saturated rings. The van der Waals surface area contributed by atoms with Gasteiger partial charge in [-0.1, -0.05) is 12.1 Å². The summed E-state index contributed by atoms with van der Waals surface area (Å²) in [6.45, 7) is 9.08. The summed E-state index contributed by atoms with van der Waals surface area (Å²) in [5.74, 6) is 0. The number of nitrogens with one attached hydrogen (secondary N) is 1. The maximum absolute atomic E-state index is 4.99. The molecule has 1 rings (SSSR count). The number of ether oxygens (including phenoxy) is 1. The van der Waals surface area contributed by atoms with Crippen molar-refractivity contribution in [3.05, 3.63) is 34.4 Å². The highest BCUT2D eigenvalue weighted by atomic mass is 16.5. The van der Waals surface area contributed by atoms with Crippen LogP contribution < -0.4 is 5.32 Å². The summed E-state index contributed by atoms with van der Waals surface area (Å²) in [6.07, 6.45) is 0. The van der Waals surface area contributed by atoms with Crippen molar-refractivity contribution >= 4 is 0 Å². The number of rotatable bonds is 5. The van der Waals surface area contributed by atoms with Gasteiger partial charge in [-0.25, -0.2) is 0 Å². The average Bonchev–Trinajstić information content (AvgIpc) is 2.20. The van der Waals surface area contributed by atoms with Gasteiger partial charge in [-0.3, -0.25) is 0 Å². The molecule has 1 aromatic carbocycles. The predicted molar refractivity (Wildman–Crippen MR) is 64.2 cm³/mol. The first-order valence-electron chi connectivity index (χ1n) is 5.41. The molecule has 2 heteroatoms. The minimum atomic E-state index is 0.768. The first kappa shape index (κ1) is 12.2. The molecule has 0 bridgehead atoms. The van der Waals surface area contributed by atoms with Crippen molar-refractivity contribution in [3.63, 3.8) is 0 Å². The third-order valence-electron chi connectivity index (χ3n) is 2.75. The molecule has 15 heavy (non-hydrogen) atoms. The third kappa shape index (κ3) is 3.65. The van der Waals surface area contributed by atoms with Gasteiger partial charge in [-0.2, -0.15) is 0 Å². The van der Waals surface area contributed by atoms with Crippen LogP contribution in [0, 0.1) is 20.8 Å². The molecule has 0 aromatic heterocycles. The predicted octanol–water partition coefficient (Wildman–Crippen LogP) is 2.35. The Balaban J connectivity index is 2.57. The minimum Gasteiger partial charge on any atom is -0.383 e. The molecule has 1 aromatic rings. The molecule has 0 spiro atoms. The van der Waals surface area contributed by atoms with E-state index in [0.29, 0.717) is 0 Å². The molecule has 0 amide bonds. The van der Waals surface area contributed by atoms with Crippen LogP contribution in [-0.4, -0.2) is 20.3 Å². The number of hydrogen-bond donors (Lipinski definition) is 1. The Morgan fingerprint density at radius 2 is 1.73 bits per heavy atom. The van der Waals surface area contributed by atoms with Gasteiger partial charge in [0.05, 0.1) is 6.61 Å². The molecular formula is C13H21NO. The Bertz CT molecular complexity index is 321. The number of aryl methyl sites for hydroxylation is 3. The maximum Gasteiger partial charge on any atom is 0.0587 e. The molecule has 1 N–H and O–H groups in total. The fraction of sp³-hybridized carbons (Fsp3) is 0.538. The van der Waals surface area contributed by atoms with Crippen molar-refractivity contribution in [3.8, 4) is 0 Å². The van der Waals surface area contributed by atoms with Gasteiger partial charge in [0.15, 0.2) is 0 Å². The SMILES string of the molecule is COCCNCc1cc(C)c(C)cc1C. The Morgan fingerprint density at radius 3 is 2.40 bits per heavy atom. The first-order valence-corrected chi connectivity index (χ1v) is 5.41. The van der Waals surface area contributed by atoms with E-state index in [4.69, 9.17) is 4.74 Å². The van der Waals surface area contributed by atoms with E-state index in [1.54, 1.807) is 7.11 Å². The van der Waals surface area contributed by atoms with Crippen LogP contribution in [0.2, 0.25) is 0 Å². The van der Waals surface area contributed by atoms with Crippen LogP contribution in [0.5, 0.6) is 0 Å². The highest BCUT2D eigenvalue weighted by molar-refractivity contribution is 5.36. The van der Waals surface area contributed by atoms with E-state index in [9.17, 15) is 0 Å². The van der Waals surface area contributed by atoms with Crippen molar-refractivity contribution in [2.24, 2.45) is 0 Å². The second-order valence-corrected chi connectivity index (χ2v) is 4.03. The van der Waals surface area contributed by atoms with E-state index in [-0.39, 0.29) is 0 Å². The molecule has 0 radical (unpaired) electrons. The molecule has 0 saturated heterocycles. The third-order valence-corrected chi connectivity index (χ3v) is 2.75. The molecule has 0 saturated carbocycles. The zero-order valence-corrected chi connectivity index (χ0v) is 10.2. The number of benzene rings is 1. The molecule has 0 heterocycles. The smallest absolute Gasteiger partial charge is 0.0587 e. The highest BCUT2D eigenvalue weighted by Gasteiger charge is 2.01. The quantitative estimate of drug-likeness (QED) is 0.748. The lowest BCUT2D eigenvalue weighted by atomic mass is 10.0. The first-order chi connectivity index (χ1) is 7.15. The van der Waals surface area contributed by atoms with E-state index in [1.165, 1.54) is 22.3 Å². The van der Waals surface area contributed by atoms with E-state index in [0.717, 1.165) is 19.7 Å². The van der Waals surface area contributed by atoms with Gasteiger partial charge in [0, 0.05) is 20.2 Å². The summed E-state index contributed by atoms with van der Waals surface area (Å²) in [6, 6.07) is 4.52. The number of methoxy groups -OCH3 is 1. The summed E-state index contributed by atoms with van der Waals surface area (Å²) in [7, 11) is 1.73. The van der Waals surface area contributed by atoms with Crippen LogP contribution in [0.3, 0.4) is 0 Å². The summed E-state index contributed by atoms with van der Waals surface area (Å²) < 4.78 is 4.99. The summed E-state index contributed by atoms with van der Waals surface area (Å²) >= 11 is 0. The van der Waals surface area contributed by atoms with Crippen LogP contribution in [-0.2, 0) is 11.3 Å². The second kappa shape index (κ2) is 5.89. The summed E-state index contributed by atoms with van der Waals surface area (Å²) in [5.41, 5.74) is 5.48. The number of hydrogen-bond acceptors (Lipinski definition) is 2. The van der Waals surface area contributed by atoms with Crippen molar-refractivity contribution in [1.82, 2.24) is 5.32 Å². The Labute approximate surface area is 92.6 Å². The Morgan fingerprint density at radius 1 is 1.07 bits per heavy atom. The lowest BCUT2D eigenvalue weighted by Gasteiger charge is -2.10. The van der Waals surface area contributed by atoms with E-state index < -0.39 is 0 Å². The molecule has 2 nitrogen and oxygen atoms in total. The summed E-state index contributed by atoms with van der Waals surface area (Å²) in [5, 5.41) is 3.37. The van der Waals surface area contributed by atoms with E-state index >= 15 is 0 Å². The van der Waals surface area contributed by atoms with Crippen molar-refractivity contribution in [1.29, 1.82) is 0 Å². The van der Waals surface area contributed by atoms with Crippen LogP contribution in [0.1, 0.15) is 22.3 Å². The lowest BCUT2D eigenvalue weighted by molar-refractivity contribution is 0.199. The maximum atomic E-state index is 4.99. The molecule has 0 atom stereocenters. The molecule has 0 aliphatic heterocycles. The fourth-order valence-electron chi connectivity index (χ4n) is 1.61. The van der Waals surface area contributed by atoms with Gasteiger partial charge < -0.3 is 10.1 Å². The Hall–Kier alpha value is -0.860. The van der Waals surface area contributed by atoms with Crippen LogP contribution in [0.4, 0.5) is 0 Å². The Kier molecular flexibility index (Phi) is 4.79. The largest absolute Gasteiger partial charge is 0.383 e. The van der Waals surface area contributed by atoms with Gasteiger partial charge in [0.25, 0.3) is 0 Å². The normalized spacial score (nSPS) is 10.7. The molecule has 0 unspecified atom stereocenters. The fourth-order valence-corrected chi connectivity index (χ4v) is 1.61. The zero-order valence-electron chi connectivity index (χ0n) is 10.2. The van der Waals surface area contributed by atoms with Gasteiger partial charge in [-0.15, -0.1) is 0 Å². The van der Waals surface area contributed by atoms with Crippen LogP contribution in [0.15, 0.2) is 12.1 Å². The summed E-state index contributed by atoms with van der Waals surface area (Å²) in [4.78, 5) is 0. The van der Waals surface area contributed by atoms with Gasteiger partial charge in [-0.05, 0) is 43.0 Å². The van der Waals surface area contributed by atoms with E-state index in [1.807, 2.05) is 0 Å². The highest BCUT2D eigenvalue weighted by Crippen LogP contribution is 2.14.